The van der Waals surface area contributed by atoms with Crippen LogP contribution in [0.3, 0.4) is 0 Å². The molecule has 0 spiro atoms. The minimum atomic E-state index is -1.08. The third kappa shape index (κ3) is 3.70. The number of Topliss-reactive ketones (excluding diaryl/α,β-unsaturated/α-hetero) is 1. The van der Waals surface area contributed by atoms with Gasteiger partial charge in [0.1, 0.15) is 0 Å². The van der Waals surface area contributed by atoms with Crippen molar-refractivity contribution in [2.45, 2.75) is 19.3 Å². The molecule has 0 heterocycles. The molecule has 0 fully saturated rings. The number of aryl methyl sites for hydroxylation is 2. The van der Waals surface area contributed by atoms with E-state index in [0.29, 0.717) is 11.1 Å². The number of nitrogens with one attached hydrogen (secondary N) is 1. The highest BCUT2D eigenvalue weighted by Gasteiger charge is 2.20. The highest BCUT2D eigenvalue weighted by molar-refractivity contribution is 6.34. The van der Waals surface area contributed by atoms with E-state index in [0.717, 1.165) is 11.1 Å². The van der Waals surface area contributed by atoms with Crippen LogP contribution in [-0.2, 0) is 0 Å². The van der Waals surface area contributed by atoms with Crippen LogP contribution < -0.4 is 5.32 Å². The smallest absolute Gasteiger partial charge is 0.253 e. The van der Waals surface area contributed by atoms with Gasteiger partial charge in [-0.25, -0.2) is 0 Å². The summed E-state index contributed by atoms with van der Waals surface area (Å²) in [6.07, 6.45) is 0. The zero-order valence-electron chi connectivity index (χ0n) is 11.9. The van der Waals surface area contributed by atoms with Crippen molar-refractivity contribution in [3.8, 4) is 0 Å². The average molecular weight is 302 g/mol. The molecule has 0 radical (unpaired) electrons. The lowest BCUT2D eigenvalue weighted by Gasteiger charge is -2.12. The highest BCUT2D eigenvalue weighted by atomic mass is 35.5. The second-order valence-electron chi connectivity index (χ2n) is 4.88. The Morgan fingerprint density at radius 3 is 2.24 bits per heavy atom. The highest BCUT2D eigenvalue weighted by Crippen LogP contribution is 2.11. The number of ketones is 1. The van der Waals surface area contributed by atoms with Crippen molar-refractivity contribution < 1.29 is 9.59 Å². The molecule has 0 aliphatic rings. The van der Waals surface area contributed by atoms with Gasteiger partial charge in [0.25, 0.3) is 5.91 Å². The predicted molar refractivity (Wildman–Crippen MR) is 83.8 cm³/mol. The number of benzene rings is 2. The number of hydrogen-bond acceptors (Lipinski definition) is 2. The molecule has 1 N–H and O–H groups in total. The van der Waals surface area contributed by atoms with Crippen molar-refractivity contribution in [1.29, 1.82) is 0 Å². The molecule has 2 rings (SSSR count). The van der Waals surface area contributed by atoms with Gasteiger partial charge in [0.15, 0.2) is 11.3 Å². The summed E-state index contributed by atoms with van der Waals surface area (Å²) in [6.45, 7) is 3.77. The lowest BCUT2D eigenvalue weighted by Crippen LogP contribution is -2.37. The molecule has 0 bridgehead atoms. The summed E-state index contributed by atoms with van der Waals surface area (Å²) >= 11 is 6.02. The number of carbonyl (C=O) groups excluding carboxylic acids is 2. The van der Waals surface area contributed by atoms with Crippen LogP contribution in [0.1, 0.15) is 31.8 Å². The summed E-state index contributed by atoms with van der Waals surface area (Å²) in [5, 5.41) is 2.53. The number of halogens is 1. The number of rotatable bonds is 4. The van der Waals surface area contributed by atoms with Crippen molar-refractivity contribution in [2.24, 2.45) is 0 Å². The van der Waals surface area contributed by atoms with Crippen LogP contribution in [0.2, 0.25) is 0 Å². The van der Waals surface area contributed by atoms with Crippen molar-refractivity contribution in [1.82, 2.24) is 5.32 Å². The van der Waals surface area contributed by atoms with E-state index in [9.17, 15) is 9.59 Å². The molecule has 1 amide bonds. The van der Waals surface area contributed by atoms with E-state index in [1.807, 2.05) is 38.1 Å². The van der Waals surface area contributed by atoms with Crippen LogP contribution in [0.5, 0.6) is 0 Å². The molecule has 0 aliphatic heterocycles. The second-order valence-corrected chi connectivity index (χ2v) is 5.32. The predicted octanol–water partition coefficient (Wildman–Crippen LogP) is 3.48. The van der Waals surface area contributed by atoms with Crippen LogP contribution in [0.4, 0.5) is 0 Å². The van der Waals surface area contributed by atoms with Crippen molar-refractivity contribution in [3.05, 3.63) is 70.8 Å². The van der Waals surface area contributed by atoms with E-state index in [-0.39, 0.29) is 11.7 Å². The van der Waals surface area contributed by atoms with Crippen LogP contribution in [0, 0.1) is 13.8 Å². The van der Waals surface area contributed by atoms with E-state index in [2.05, 4.69) is 5.32 Å². The minimum absolute atomic E-state index is 0.321. The summed E-state index contributed by atoms with van der Waals surface area (Å²) in [6, 6.07) is 14.2. The van der Waals surface area contributed by atoms with Crippen LogP contribution in [0.15, 0.2) is 48.5 Å². The molecule has 2 aromatic carbocycles. The Bertz CT molecular complexity index is 665. The first-order valence-corrected chi connectivity index (χ1v) is 7.04. The molecule has 0 saturated heterocycles. The van der Waals surface area contributed by atoms with Gasteiger partial charge in [0.2, 0.25) is 0 Å². The fraction of sp³-hybridized carbons (Fsp3) is 0.176. The molecular weight excluding hydrogens is 286 g/mol. The molecule has 0 aromatic heterocycles. The summed E-state index contributed by atoms with van der Waals surface area (Å²) in [7, 11) is 0. The number of alkyl halides is 1. The largest absolute Gasteiger partial charge is 0.329 e. The van der Waals surface area contributed by atoms with E-state index in [1.54, 1.807) is 24.3 Å². The number of amides is 1. The summed E-state index contributed by atoms with van der Waals surface area (Å²) in [5.41, 5.74) is 1.80. The van der Waals surface area contributed by atoms with Gasteiger partial charge in [-0.3, -0.25) is 9.59 Å². The lowest BCUT2D eigenvalue weighted by molar-refractivity contribution is 0.0889. The Balaban J connectivity index is 2.09. The first kappa shape index (κ1) is 15.3. The lowest BCUT2D eigenvalue weighted by atomic mass is 10.1. The molecular formula is C17H16ClNO2. The standard InChI is InChI=1S/C17H16ClNO2/c1-11-7-9-13(10-8-11)15(20)16(18)19-17(21)14-6-4-3-5-12(14)2/h3-10,16H,1-2H3,(H,19,21). The number of carbonyl (C=O) groups is 2. The van der Waals surface area contributed by atoms with Gasteiger partial charge in [-0.05, 0) is 25.5 Å². The molecule has 1 atom stereocenters. The molecule has 1 unspecified atom stereocenters. The normalized spacial score (nSPS) is 11.8. The Morgan fingerprint density at radius 1 is 1.00 bits per heavy atom. The van der Waals surface area contributed by atoms with Crippen molar-refractivity contribution >= 4 is 23.3 Å². The van der Waals surface area contributed by atoms with Gasteiger partial charge in [-0.2, -0.15) is 0 Å². The maximum Gasteiger partial charge on any atom is 0.253 e. The molecule has 21 heavy (non-hydrogen) atoms. The summed E-state index contributed by atoms with van der Waals surface area (Å²) in [5.74, 6) is -0.674. The molecule has 0 aliphatic carbocycles. The molecule has 2 aromatic rings. The second kappa shape index (κ2) is 6.55. The van der Waals surface area contributed by atoms with Gasteiger partial charge >= 0.3 is 0 Å². The Labute approximate surface area is 128 Å². The van der Waals surface area contributed by atoms with Crippen LogP contribution in [0.25, 0.3) is 0 Å². The zero-order valence-corrected chi connectivity index (χ0v) is 12.6. The topological polar surface area (TPSA) is 46.2 Å². The van der Waals surface area contributed by atoms with Gasteiger partial charge in [-0.15, -0.1) is 0 Å². The third-order valence-corrected chi connectivity index (χ3v) is 3.52. The Hall–Kier alpha value is -2.13. The first-order valence-electron chi connectivity index (χ1n) is 6.60. The number of hydrogen-bond donors (Lipinski definition) is 1. The fourth-order valence-electron chi connectivity index (χ4n) is 1.95. The Kier molecular flexibility index (Phi) is 4.76. The molecule has 4 heteroatoms. The quantitative estimate of drug-likeness (QED) is 0.534. The molecule has 0 saturated carbocycles. The van der Waals surface area contributed by atoms with E-state index >= 15 is 0 Å². The maximum atomic E-state index is 12.2. The Morgan fingerprint density at radius 2 is 1.62 bits per heavy atom. The van der Waals surface area contributed by atoms with E-state index < -0.39 is 5.50 Å². The van der Waals surface area contributed by atoms with Crippen molar-refractivity contribution in [2.75, 3.05) is 0 Å². The fourth-order valence-corrected chi connectivity index (χ4v) is 2.18. The molecule has 3 nitrogen and oxygen atoms in total. The van der Waals surface area contributed by atoms with Gasteiger partial charge in [0.05, 0.1) is 0 Å². The maximum absolute atomic E-state index is 12.2. The average Bonchev–Trinajstić information content (AvgIpc) is 2.47. The SMILES string of the molecule is Cc1ccc(C(=O)C(Cl)NC(=O)c2ccccc2C)cc1. The zero-order chi connectivity index (χ0) is 15.4. The van der Waals surface area contributed by atoms with Crippen molar-refractivity contribution in [3.63, 3.8) is 0 Å². The molecule has 108 valence electrons. The summed E-state index contributed by atoms with van der Waals surface area (Å²) in [4.78, 5) is 24.3. The van der Waals surface area contributed by atoms with Gasteiger partial charge in [0, 0.05) is 11.1 Å². The monoisotopic (exact) mass is 301 g/mol. The first-order chi connectivity index (χ1) is 9.99. The van der Waals surface area contributed by atoms with E-state index in [1.165, 1.54) is 0 Å². The van der Waals surface area contributed by atoms with Gasteiger partial charge < -0.3 is 5.32 Å². The van der Waals surface area contributed by atoms with Crippen LogP contribution >= 0.6 is 11.6 Å². The van der Waals surface area contributed by atoms with Crippen LogP contribution in [-0.4, -0.2) is 17.2 Å². The van der Waals surface area contributed by atoms with Gasteiger partial charge in [-0.1, -0.05) is 59.6 Å². The third-order valence-electron chi connectivity index (χ3n) is 3.21. The minimum Gasteiger partial charge on any atom is -0.329 e. The van der Waals surface area contributed by atoms with E-state index in [4.69, 9.17) is 11.6 Å². The summed E-state index contributed by atoms with van der Waals surface area (Å²) < 4.78 is 0.